The number of carbonyl (C=O) groups excluding carboxylic acids is 1. The van der Waals surface area contributed by atoms with Crippen LogP contribution in [-0.4, -0.2) is 57.1 Å². The van der Waals surface area contributed by atoms with Crippen molar-refractivity contribution in [2.75, 3.05) is 31.5 Å². The van der Waals surface area contributed by atoms with E-state index in [9.17, 15) is 13.2 Å². The Balaban J connectivity index is 1.49. The molecule has 1 fully saturated rings. The maximum Gasteiger partial charge on any atom is 0.268 e. The maximum atomic E-state index is 13.5. The van der Waals surface area contributed by atoms with E-state index in [1.54, 1.807) is 12.1 Å². The molecule has 0 saturated carbocycles. The van der Waals surface area contributed by atoms with Crippen LogP contribution < -0.4 is 10.0 Å². The van der Waals surface area contributed by atoms with Gasteiger partial charge < -0.3 is 19.9 Å². The molecule has 1 saturated heterocycles. The lowest BCUT2D eigenvalue weighted by atomic mass is 9.76. The van der Waals surface area contributed by atoms with Gasteiger partial charge in [0, 0.05) is 55.0 Å². The molecule has 0 spiro atoms. The summed E-state index contributed by atoms with van der Waals surface area (Å²) in [5.74, 6) is -0.0356. The molecule has 3 heterocycles. The lowest BCUT2D eigenvalue weighted by molar-refractivity contribution is 0.0694. The number of hydrogen-bond acceptors (Lipinski definition) is 5. The number of aromatic nitrogens is 1. The van der Waals surface area contributed by atoms with Gasteiger partial charge in [0.1, 0.15) is 5.69 Å². The molecule has 1 aromatic heterocycles. The summed E-state index contributed by atoms with van der Waals surface area (Å²) in [7, 11) is -1.76. The standard InChI is InChI=1S/C31H40N4O4S/c1-20-18-24(7-8-26(20)31(2,3)4)40(37,38)34-23-6-9-27-25(19-23)28(21-10-14-35(5)15-11-21)29(33-27)30(36)32-22-12-16-39-17-13-22/h6-11,14,19-20,22,33-34H,12-13,15-18H2,1-5H3,(H,32,36). The van der Waals surface area contributed by atoms with Crippen molar-refractivity contribution in [3.8, 4) is 0 Å². The Morgan fingerprint density at radius 1 is 1.15 bits per heavy atom. The second kappa shape index (κ2) is 10.9. The lowest BCUT2D eigenvalue weighted by Gasteiger charge is -2.31. The number of H-pyrrole nitrogens is 1. The van der Waals surface area contributed by atoms with Crippen molar-refractivity contribution in [1.82, 2.24) is 15.2 Å². The Morgan fingerprint density at radius 3 is 2.55 bits per heavy atom. The van der Waals surface area contributed by atoms with Gasteiger partial charge in [0.05, 0.1) is 4.91 Å². The Hall–Kier alpha value is -3.30. The number of ether oxygens (including phenoxy) is 1. The molecule has 1 atom stereocenters. The van der Waals surface area contributed by atoms with Gasteiger partial charge >= 0.3 is 0 Å². The van der Waals surface area contributed by atoms with E-state index in [-0.39, 0.29) is 23.3 Å². The normalized spacial score (nSPS) is 20.7. The number of sulfonamides is 1. The second-order valence-corrected chi connectivity index (χ2v) is 13.9. The summed E-state index contributed by atoms with van der Waals surface area (Å²) in [6, 6.07) is 5.45. The minimum absolute atomic E-state index is 0.0137. The van der Waals surface area contributed by atoms with Crippen molar-refractivity contribution < 1.29 is 17.9 Å². The number of fused-ring (bicyclic) bond motifs is 1. The molecule has 1 unspecified atom stereocenters. The van der Waals surface area contributed by atoms with Crippen molar-refractivity contribution in [1.29, 1.82) is 0 Å². The number of hydrogen-bond donors (Lipinski definition) is 3. The predicted octanol–water partition coefficient (Wildman–Crippen LogP) is 5.56. The molecule has 5 rings (SSSR count). The summed E-state index contributed by atoms with van der Waals surface area (Å²) in [5.41, 5.74) is 4.63. The van der Waals surface area contributed by atoms with Crippen LogP contribution in [0.25, 0.3) is 16.5 Å². The van der Waals surface area contributed by atoms with Crippen molar-refractivity contribution >= 4 is 38.1 Å². The summed E-state index contributed by atoms with van der Waals surface area (Å²) in [5, 5.41) is 3.95. The van der Waals surface area contributed by atoms with Crippen LogP contribution in [0.3, 0.4) is 0 Å². The minimum atomic E-state index is -3.75. The third kappa shape index (κ3) is 5.90. The molecule has 0 bridgehead atoms. The summed E-state index contributed by atoms with van der Waals surface area (Å²) >= 11 is 0. The third-order valence-electron chi connectivity index (χ3n) is 7.93. The van der Waals surface area contributed by atoms with E-state index >= 15 is 0 Å². The van der Waals surface area contributed by atoms with E-state index in [1.807, 2.05) is 37.5 Å². The zero-order valence-electron chi connectivity index (χ0n) is 24.0. The Kier molecular flexibility index (Phi) is 7.72. The van der Waals surface area contributed by atoms with Crippen LogP contribution in [0.4, 0.5) is 5.69 Å². The highest BCUT2D eigenvalue weighted by atomic mass is 32.2. The fourth-order valence-corrected chi connectivity index (χ4v) is 7.11. The molecule has 1 aromatic carbocycles. The molecule has 2 aromatic rings. The third-order valence-corrected chi connectivity index (χ3v) is 9.43. The summed E-state index contributed by atoms with van der Waals surface area (Å²) < 4.78 is 35.1. The van der Waals surface area contributed by atoms with Crippen molar-refractivity contribution in [2.45, 2.75) is 53.0 Å². The van der Waals surface area contributed by atoms with Gasteiger partial charge in [-0.05, 0) is 72.7 Å². The topological polar surface area (TPSA) is 104 Å². The second-order valence-electron chi connectivity index (χ2n) is 12.1. The van der Waals surface area contributed by atoms with Crippen LogP contribution in [-0.2, 0) is 14.8 Å². The summed E-state index contributed by atoms with van der Waals surface area (Å²) in [6.07, 6.45) is 11.8. The van der Waals surface area contributed by atoms with Gasteiger partial charge in [0.15, 0.2) is 0 Å². The molecule has 1 aliphatic carbocycles. The molecule has 214 valence electrons. The highest BCUT2D eigenvalue weighted by Crippen LogP contribution is 2.39. The zero-order chi connectivity index (χ0) is 28.7. The molecule has 0 radical (unpaired) electrons. The van der Waals surface area contributed by atoms with Crippen molar-refractivity contribution in [3.63, 3.8) is 0 Å². The van der Waals surface area contributed by atoms with Gasteiger partial charge in [-0.15, -0.1) is 0 Å². The van der Waals surface area contributed by atoms with E-state index in [1.165, 1.54) is 5.57 Å². The number of anilines is 1. The number of likely N-dealkylation sites (N-methyl/N-ethyl adjacent to an activating group) is 1. The van der Waals surface area contributed by atoms with Crippen molar-refractivity contribution in [3.05, 3.63) is 70.4 Å². The lowest BCUT2D eigenvalue weighted by Crippen LogP contribution is -2.39. The fraction of sp³-hybridized carbons (Fsp3) is 0.452. The van der Waals surface area contributed by atoms with Crippen LogP contribution in [0, 0.1) is 11.3 Å². The monoisotopic (exact) mass is 564 g/mol. The molecular weight excluding hydrogens is 524 g/mol. The van der Waals surface area contributed by atoms with Gasteiger partial charge in [-0.3, -0.25) is 9.52 Å². The van der Waals surface area contributed by atoms with Crippen LogP contribution in [0.15, 0.2) is 59.2 Å². The molecule has 8 nitrogen and oxygen atoms in total. The van der Waals surface area contributed by atoms with E-state index in [0.717, 1.165) is 34.9 Å². The van der Waals surface area contributed by atoms with E-state index in [4.69, 9.17) is 4.74 Å². The summed E-state index contributed by atoms with van der Waals surface area (Å²) in [6.45, 7) is 10.5. The first-order chi connectivity index (χ1) is 18.9. The number of nitrogens with one attached hydrogen (secondary N) is 3. The number of benzene rings is 1. The van der Waals surface area contributed by atoms with Crippen LogP contribution >= 0.6 is 0 Å². The van der Waals surface area contributed by atoms with E-state index < -0.39 is 10.0 Å². The Labute approximate surface area is 237 Å². The first-order valence-corrected chi connectivity index (χ1v) is 15.5. The highest BCUT2D eigenvalue weighted by Gasteiger charge is 2.30. The zero-order valence-corrected chi connectivity index (χ0v) is 24.8. The van der Waals surface area contributed by atoms with Gasteiger partial charge in [-0.25, -0.2) is 8.42 Å². The van der Waals surface area contributed by atoms with Crippen LogP contribution in [0.1, 0.15) is 63.0 Å². The van der Waals surface area contributed by atoms with Crippen molar-refractivity contribution in [2.24, 2.45) is 11.3 Å². The molecule has 2 aliphatic heterocycles. The maximum absolute atomic E-state index is 13.5. The van der Waals surface area contributed by atoms with Gasteiger partial charge in [0.2, 0.25) is 0 Å². The molecule has 9 heteroatoms. The average Bonchev–Trinajstić information content (AvgIpc) is 3.28. The highest BCUT2D eigenvalue weighted by molar-refractivity contribution is 7.96. The molecule has 1 amide bonds. The number of aromatic amines is 1. The predicted molar refractivity (Wildman–Crippen MR) is 161 cm³/mol. The minimum Gasteiger partial charge on any atom is -0.381 e. The van der Waals surface area contributed by atoms with Gasteiger partial charge in [-0.1, -0.05) is 45.4 Å². The average molecular weight is 565 g/mol. The SMILES string of the molecule is CC1CC(S(=O)(=O)Nc2ccc3[nH]c(C(=O)NC4CCOCC4)c(C4=CCN(C)C=C4)c3c2)=CC=C1C(C)(C)C. The first-order valence-electron chi connectivity index (χ1n) is 14.0. The fourth-order valence-electron chi connectivity index (χ4n) is 5.83. The van der Waals surface area contributed by atoms with Crippen LogP contribution in [0.2, 0.25) is 0 Å². The number of carbonyl (C=O) groups is 1. The number of nitrogens with zero attached hydrogens (tertiary/aromatic N) is 1. The molecule has 40 heavy (non-hydrogen) atoms. The smallest absolute Gasteiger partial charge is 0.268 e. The quantitative estimate of drug-likeness (QED) is 0.426. The van der Waals surface area contributed by atoms with E-state index in [0.29, 0.717) is 42.5 Å². The Bertz CT molecular complexity index is 1530. The van der Waals surface area contributed by atoms with Gasteiger partial charge in [0.25, 0.3) is 15.9 Å². The largest absolute Gasteiger partial charge is 0.381 e. The molecule has 3 aliphatic rings. The number of amides is 1. The number of allylic oxidation sites excluding steroid dienone is 6. The summed E-state index contributed by atoms with van der Waals surface area (Å²) in [4.78, 5) is 19.2. The number of rotatable bonds is 6. The van der Waals surface area contributed by atoms with Crippen LogP contribution in [0.5, 0.6) is 0 Å². The molecular formula is C31H40N4O4S. The first kappa shape index (κ1) is 28.2. The van der Waals surface area contributed by atoms with E-state index in [2.05, 4.69) is 53.7 Å². The molecule has 3 N–H and O–H groups in total. The van der Waals surface area contributed by atoms with Gasteiger partial charge in [-0.2, -0.15) is 0 Å². The Morgan fingerprint density at radius 2 is 1.90 bits per heavy atom.